The maximum atomic E-state index is 12.2. The Bertz CT molecular complexity index is 538. The van der Waals surface area contributed by atoms with E-state index in [4.69, 9.17) is 5.11 Å². The number of aliphatic carboxylic acids is 1. The summed E-state index contributed by atoms with van der Waals surface area (Å²) in [6, 6.07) is -3.91. The van der Waals surface area contributed by atoms with Gasteiger partial charge in [0.2, 0.25) is 17.7 Å². The summed E-state index contributed by atoms with van der Waals surface area (Å²) in [4.78, 5) is 47.4. The zero-order valence-corrected chi connectivity index (χ0v) is 15.6. The van der Waals surface area contributed by atoms with Crippen molar-refractivity contribution in [3.05, 3.63) is 0 Å². The fourth-order valence-electron chi connectivity index (χ4n) is 2.42. The Morgan fingerprint density at radius 3 is 2.27 bits per heavy atom. The Labute approximate surface area is 156 Å². The molecule has 0 aromatic heterocycles. The van der Waals surface area contributed by atoms with Gasteiger partial charge < -0.3 is 31.5 Å². The number of carboxylic acid groups (broad SMARTS) is 1. The minimum absolute atomic E-state index is 0.150. The Hall–Kier alpha value is -1.85. The Morgan fingerprint density at radius 1 is 1.15 bits per heavy atom. The van der Waals surface area contributed by atoms with E-state index in [-0.39, 0.29) is 17.7 Å². The van der Waals surface area contributed by atoms with Crippen molar-refractivity contribution in [2.45, 2.75) is 57.0 Å². The fourth-order valence-corrected chi connectivity index (χ4v) is 2.67. The van der Waals surface area contributed by atoms with Gasteiger partial charge >= 0.3 is 5.97 Å². The van der Waals surface area contributed by atoms with Gasteiger partial charge in [0.25, 0.3) is 0 Å². The number of aliphatic hydroxyl groups excluding tert-OH is 1. The molecular weight excluding hydrogens is 364 g/mol. The van der Waals surface area contributed by atoms with Crippen molar-refractivity contribution >= 4 is 36.3 Å². The van der Waals surface area contributed by atoms with E-state index in [0.717, 1.165) is 13.0 Å². The highest BCUT2D eigenvalue weighted by molar-refractivity contribution is 7.80. The number of aliphatic hydroxyl groups is 1. The number of rotatable bonds is 9. The van der Waals surface area contributed by atoms with Gasteiger partial charge in [-0.05, 0) is 33.2 Å². The minimum Gasteiger partial charge on any atom is -0.480 e. The van der Waals surface area contributed by atoms with E-state index in [1.54, 1.807) is 0 Å². The van der Waals surface area contributed by atoms with E-state index in [1.165, 1.54) is 13.8 Å². The highest BCUT2D eigenvalue weighted by Gasteiger charge is 2.31. The predicted molar refractivity (Wildman–Crippen MR) is 95.7 cm³/mol. The van der Waals surface area contributed by atoms with Crippen LogP contribution in [0, 0.1) is 0 Å². The SMILES string of the molecule is CC(NC(=O)C1CCCN1)C(=O)NC(C(=O)NC(CS)C(=O)O)C(C)O. The number of carboxylic acids is 1. The topological polar surface area (TPSA) is 157 Å². The largest absolute Gasteiger partial charge is 0.480 e. The van der Waals surface area contributed by atoms with Gasteiger partial charge in [-0.1, -0.05) is 0 Å². The lowest BCUT2D eigenvalue weighted by molar-refractivity contribution is -0.142. The van der Waals surface area contributed by atoms with Crippen LogP contribution in [0.3, 0.4) is 0 Å². The highest BCUT2D eigenvalue weighted by Crippen LogP contribution is 2.05. The van der Waals surface area contributed by atoms with E-state index in [0.29, 0.717) is 6.42 Å². The second kappa shape index (κ2) is 10.3. The molecule has 1 heterocycles. The first-order valence-corrected chi connectivity index (χ1v) is 8.96. The molecule has 6 N–H and O–H groups in total. The summed E-state index contributed by atoms with van der Waals surface area (Å²) >= 11 is 3.83. The molecule has 1 aliphatic heterocycles. The van der Waals surface area contributed by atoms with Crippen LogP contribution in [0.2, 0.25) is 0 Å². The van der Waals surface area contributed by atoms with Crippen LogP contribution >= 0.6 is 12.6 Å². The summed E-state index contributed by atoms with van der Waals surface area (Å²) in [5.74, 6) is -3.28. The van der Waals surface area contributed by atoms with Gasteiger partial charge in [-0.15, -0.1) is 0 Å². The molecular formula is C15H26N4O6S. The lowest BCUT2D eigenvalue weighted by Gasteiger charge is -2.25. The smallest absolute Gasteiger partial charge is 0.327 e. The van der Waals surface area contributed by atoms with Crippen molar-refractivity contribution in [1.29, 1.82) is 0 Å². The summed E-state index contributed by atoms with van der Waals surface area (Å²) < 4.78 is 0. The summed E-state index contributed by atoms with van der Waals surface area (Å²) in [5, 5.41) is 28.8. The van der Waals surface area contributed by atoms with E-state index >= 15 is 0 Å². The molecule has 11 heteroatoms. The van der Waals surface area contributed by atoms with Crippen molar-refractivity contribution in [2.24, 2.45) is 0 Å². The van der Waals surface area contributed by atoms with Crippen molar-refractivity contribution in [2.75, 3.05) is 12.3 Å². The number of nitrogens with one attached hydrogen (secondary N) is 4. The zero-order chi connectivity index (χ0) is 19.9. The molecule has 10 nitrogen and oxygen atoms in total. The van der Waals surface area contributed by atoms with Crippen LogP contribution in [0.25, 0.3) is 0 Å². The molecule has 1 rings (SSSR count). The zero-order valence-electron chi connectivity index (χ0n) is 14.7. The van der Waals surface area contributed by atoms with E-state index in [2.05, 4.69) is 33.9 Å². The number of carbonyl (C=O) groups excluding carboxylic acids is 3. The average Bonchev–Trinajstić information content (AvgIpc) is 3.10. The van der Waals surface area contributed by atoms with Gasteiger partial charge in [-0.25, -0.2) is 4.79 Å². The van der Waals surface area contributed by atoms with E-state index < -0.39 is 42.0 Å². The summed E-state index contributed by atoms with van der Waals surface area (Å²) in [7, 11) is 0. The normalized spacial score (nSPS) is 21.2. The molecule has 0 aliphatic carbocycles. The van der Waals surface area contributed by atoms with Crippen molar-refractivity contribution in [3.63, 3.8) is 0 Å². The monoisotopic (exact) mass is 390 g/mol. The second-order valence-corrected chi connectivity index (χ2v) is 6.55. The second-order valence-electron chi connectivity index (χ2n) is 6.19. The number of carbonyl (C=O) groups is 4. The van der Waals surface area contributed by atoms with Gasteiger partial charge in [0.1, 0.15) is 18.1 Å². The van der Waals surface area contributed by atoms with Gasteiger partial charge in [0.15, 0.2) is 0 Å². The summed E-state index contributed by atoms with van der Waals surface area (Å²) in [6.07, 6.45) is 0.283. The molecule has 0 radical (unpaired) electrons. The lowest BCUT2D eigenvalue weighted by atomic mass is 10.1. The van der Waals surface area contributed by atoms with Crippen LogP contribution < -0.4 is 21.3 Å². The van der Waals surface area contributed by atoms with Crippen LogP contribution in [0.4, 0.5) is 0 Å². The molecule has 1 saturated heterocycles. The van der Waals surface area contributed by atoms with Gasteiger partial charge in [-0.2, -0.15) is 12.6 Å². The quantitative estimate of drug-likeness (QED) is 0.216. The standard InChI is InChI=1S/C15H26N4O6S/c1-7(17-13(22)9-4-3-5-16-9)12(21)19-11(8(2)20)14(23)18-10(6-26)15(24)25/h7-11,16,20,26H,3-6H2,1-2H3,(H,17,22)(H,18,23)(H,19,21)(H,24,25). The van der Waals surface area contributed by atoms with Crippen LogP contribution in [0.15, 0.2) is 0 Å². The third kappa shape index (κ3) is 6.46. The Kier molecular flexibility index (Phi) is 8.82. The van der Waals surface area contributed by atoms with Crippen LogP contribution in [0.1, 0.15) is 26.7 Å². The maximum Gasteiger partial charge on any atom is 0.327 e. The van der Waals surface area contributed by atoms with Crippen LogP contribution in [-0.2, 0) is 19.2 Å². The number of thiol groups is 1. The molecule has 3 amide bonds. The molecule has 0 bridgehead atoms. The molecule has 0 saturated carbocycles. The van der Waals surface area contributed by atoms with Crippen LogP contribution in [-0.4, -0.2) is 76.5 Å². The lowest BCUT2D eigenvalue weighted by Crippen LogP contribution is -2.59. The predicted octanol–water partition coefficient (Wildman–Crippen LogP) is -2.39. The van der Waals surface area contributed by atoms with Crippen molar-refractivity contribution in [1.82, 2.24) is 21.3 Å². The maximum absolute atomic E-state index is 12.2. The summed E-state index contributed by atoms with van der Waals surface area (Å²) in [6.45, 7) is 3.47. The summed E-state index contributed by atoms with van der Waals surface area (Å²) in [5.41, 5.74) is 0. The molecule has 1 fully saturated rings. The third-order valence-corrected chi connectivity index (χ3v) is 4.35. The average molecular weight is 390 g/mol. The first kappa shape index (κ1) is 22.2. The molecule has 0 aromatic rings. The Morgan fingerprint density at radius 2 is 1.81 bits per heavy atom. The number of amides is 3. The molecule has 26 heavy (non-hydrogen) atoms. The Balaban J connectivity index is 2.64. The van der Waals surface area contributed by atoms with Crippen molar-refractivity contribution < 1.29 is 29.4 Å². The minimum atomic E-state index is -1.37. The van der Waals surface area contributed by atoms with Crippen LogP contribution in [0.5, 0.6) is 0 Å². The number of hydrogen-bond donors (Lipinski definition) is 7. The molecule has 148 valence electrons. The fraction of sp³-hybridized carbons (Fsp3) is 0.733. The molecule has 0 spiro atoms. The highest BCUT2D eigenvalue weighted by atomic mass is 32.1. The van der Waals surface area contributed by atoms with Gasteiger partial charge in [0, 0.05) is 5.75 Å². The molecule has 5 atom stereocenters. The first-order valence-electron chi connectivity index (χ1n) is 8.33. The first-order chi connectivity index (χ1) is 12.2. The molecule has 0 aromatic carbocycles. The molecule has 1 aliphatic rings. The van der Waals surface area contributed by atoms with Crippen molar-refractivity contribution in [3.8, 4) is 0 Å². The van der Waals surface area contributed by atoms with Gasteiger partial charge in [0.05, 0.1) is 12.1 Å². The van der Waals surface area contributed by atoms with E-state index in [1.807, 2.05) is 0 Å². The third-order valence-electron chi connectivity index (χ3n) is 3.99. The number of hydrogen-bond acceptors (Lipinski definition) is 7. The van der Waals surface area contributed by atoms with Gasteiger partial charge in [-0.3, -0.25) is 14.4 Å². The molecule has 5 unspecified atom stereocenters. The van der Waals surface area contributed by atoms with E-state index in [9.17, 15) is 24.3 Å².